The van der Waals surface area contributed by atoms with Gasteiger partial charge in [-0.2, -0.15) is 4.31 Å². The average molecular weight is 357 g/mol. The number of carbonyl (C=O) groups is 2. The van der Waals surface area contributed by atoms with Gasteiger partial charge < -0.3 is 14.6 Å². The highest BCUT2D eigenvalue weighted by Gasteiger charge is 2.35. The third-order valence-corrected chi connectivity index (χ3v) is 5.64. The predicted molar refractivity (Wildman–Crippen MR) is 83.1 cm³/mol. The summed E-state index contributed by atoms with van der Waals surface area (Å²) in [5, 5.41) is 8.97. The monoisotopic (exact) mass is 357 g/mol. The summed E-state index contributed by atoms with van der Waals surface area (Å²) in [6.07, 6.45) is 0.407. The standard InChI is InChI=1S/C15H19NO7S/c1-22-14(17)7-9-23-12-2-4-13(5-3-12)24(20,21)16-8-6-11(10-16)15(18)19/h2-5,11H,6-10H2,1H3,(H,18,19). The molecule has 0 saturated carbocycles. The van der Waals surface area contributed by atoms with Gasteiger partial charge in [-0.25, -0.2) is 8.42 Å². The molecule has 1 heterocycles. The smallest absolute Gasteiger partial charge is 0.308 e. The number of benzene rings is 1. The summed E-state index contributed by atoms with van der Waals surface area (Å²) in [5.41, 5.74) is 0. The highest BCUT2D eigenvalue weighted by Crippen LogP contribution is 2.25. The van der Waals surface area contributed by atoms with Crippen molar-refractivity contribution in [3.63, 3.8) is 0 Å². The van der Waals surface area contributed by atoms with Crippen LogP contribution in [0.1, 0.15) is 12.8 Å². The summed E-state index contributed by atoms with van der Waals surface area (Å²) < 4.78 is 36.0. The molecule has 0 bridgehead atoms. The molecule has 0 aliphatic carbocycles. The van der Waals surface area contributed by atoms with Gasteiger partial charge in [0.25, 0.3) is 0 Å². The minimum Gasteiger partial charge on any atom is -0.493 e. The lowest BCUT2D eigenvalue weighted by Crippen LogP contribution is -2.30. The minimum atomic E-state index is -3.72. The summed E-state index contributed by atoms with van der Waals surface area (Å²) in [6, 6.07) is 5.79. The number of aliphatic carboxylic acids is 1. The number of esters is 1. The zero-order valence-electron chi connectivity index (χ0n) is 13.2. The van der Waals surface area contributed by atoms with Crippen molar-refractivity contribution in [1.29, 1.82) is 0 Å². The SMILES string of the molecule is COC(=O)CCOc1ccc(S(=O)(=O)N2CCC(C(=O)O)C2)cc1. The number of sulfonamides is 1. The first kappa shape index (κ1) is 18.2. The van der Waals surface area contributed by atoms with Gasteiger partial charge >= 0.3 is 11.9 Å². The van der Waals surface area contributed by atoms with E-state index in [2.05, 4.69) is 4.74 Å². The summed E-state index contributed by atoms with van der Waals surface area (Å²) in [6.45, 7) is 0.302. The molecular weight excluding hydrogens is 338 g/mol. The van der Waals surface area contributed by atoms with E-state index >= 15 is 0 Å². The Balaban J connectivity index is 1.99. The number of ether oxygens (including phenoxy) is 2. The van der Waals surface area contributed by atoms with Gasteiger partial charge in [-0.15, -0.1) is 0 Å². The topological polar surface area (TPSA) is 110 Å². The molecule has 1 aromatic carbocycles. The van der Waals surface area contributed by atoms with Gasteiger partial charge in [0.15, 0.2) is 0 Å². The Labute approximate surface area is 140 Å². The first-order valence-electron chi connectivity index (χ1n) is 7.37. The maximum Gasteiger partial charge on any atom is 0.308 e. The molecule has 2 rings (SSSR count). The Morgan fingerprint density at radius 3 is 2.50 bits per heavy atom. The van der Waals surface area contributed by atoms with Crippen molar-refractivity contribution in [3.8, 4) is 5.75 Å². The zero-order valence-corrected chi connectivity index (χ0v) is 14.0. The third kappa shape index (κ3) is 4.24. The average Bonchev–Trinajstić information content (AvgIpc) is 3.06. The first-order valence-corrected chi connectivity index (χ1v) is 8.81. The van der Waals surface area contributed by atoms with Crippen LogP contribution >= 0.6 is 0 Å². The molecule has 0 spiro atoms. The van der Waals surface area contributed by atoms with E-state index in [0.717, 1.165) is 0 Å². The summed E-state index contributed by atoms with van der Waals surface area (Å²) in [5.74, 6) is -1.61. The molecule has 1 aromatic rings. The van der Waals surface area contributed by atoms with Crippen molar-refractivity contribution < 1.29 is 32.6 Å². The van der Waals surface area contributed by atoms with E-state index < -0.39 is 27.9 Å². The molecule has 24 heavy (non-hydrogen) atoms. The Hall–Kier alpha value is -2.13. The number of methoxy groups -OCH3 is 1. The zero-order chi connectivity index (χ0) is 17.7. The molecule has 9 heteroatoms. The quantitative estimate of drug-likeness (QED) is 0.716. The van der Waals surface area contributed by atoms with Crippen LogP contribution in [0.2, 0.25) is 0 Å². The van der Waals surface area contributed by atoms with Gasteiger partial charge in [-0.3, -0.25) is 9.59 Å². The third-order valence-electron chi connectivity index (χ3n) is 3.76. The number of carbonyl (C=O) groups excluding carboxylic acids is 1. The fraction of sp³-hybridized carbons (Fsp3) is 0.467. The number of carboxylic acid groups (broad SMARTS) is 1. The van der Waals surface area contributed by atoms with Crippen LogP contribution in [0, 0.1) is 5.92 Å². The molecule has 1 aliphatic rings. The molecule has 1 atom stereocenters. The minimum absolute atomic E-state index is 0.0188. The molecule has 0 aromatic heterocycles. The lowest BCUT2D eigenvalue weighted by atomic mass is 10.1. The molecule has 1 saturated heterocycles. The Kier molecular flexibility index (Phi) is 5.79. The van der Waals surface area contributed by atoms with Crippen molar-refractivity contribution in [1.82, 2.24) is 4.31 Å². The molecule has 1 aliphatic heterocycles. The van der Waals surface area contributed by atoms with E-state index in [1.54, 1.807) is 0 Å². The highest BCUT2D eigenvalue weighted by atomic mass is 32.2. The fourth-order valence-electron chi connectivity index (χ4n) is 2.36. The van der Waals surface area contributed by atoms with E-state index in [4.69, 9.17) is 9.84 Å². The number of hydrogen-bond acceptors (Lipinski definition) is 6. The van der Waals surface area contributed by atoms with E-state index in [1.165, 1.54) is 35.7 Å². The summed E-state index contributed by atoms with van der Waals surface area (Å²) >= 11 is 0. The normalized spacial score (nSPS) is 18.3. The lowest BCUT2D eigenvalue weighted by Gasteiger charge is -2.16. The van der Waals surface area contributed by atoms with E-state index in [0.29, 0.717) is 12.2 Å². The molecule has 132 valence electrons. The summed E-state index contributed by atoms with van der Waals surface area (Å²) in [7, 11) is -2.43. The van der Waals surface area contributed by atoms with Crippen LogP contribution < -0.4 is 4.74 Å². The maximum atomic E-state index is 12.5. The van der Waals surface area contributed by atoms with E-state index in [9.17, 15) is 18.0 Å². The Bertz CT molecular complexity index is 699. The molecular formula is C15H19NO7S. The van der Waals surface area contributed by atoms with Gasteiger partial charge in [-0.1, -0.05) is 0 Å². The van der Waals surface area contributed by atoms with Crippen LogP contribution in [0.4, 0.5) is 0 Å². The van der Waals surface area contributed by atoms with Crippen LogP contribution in [0.25, 0.3) is 0 Å². The van der Waals surface area contributed by atoms with Crippen molar-refractivity contribution in [2.45, 2.75) is 17.7 Å². The van der Waals surface area contributed by atoms with Crippen molar-refractivity contribution >= 4 is 22.0 Å². The van der Waals surface area contributed by atoms with Crippen molar-refractivity contribution in [2.24, 2.45) is 5.92 Å². The maximum absolute atomic E-state index is 12.5. The number of carboxylic acids is 1. The molecule has 0 amide bonds. The van der Waals surface area contributed by atoms with Gasteiger partial charge in [0, 0.05) is 13.1 Å². The lowest BCUT2D eigenvalue weighted by molar-refractivity contribution is -0.142. The number of hydrogen-bond donors (Lipinski definition) is 1. The van der Waals surface area contributed by atoms with Crippen LogP contribution in [0.3, 0.4) is 0 Å². The predicted octanol–water partition coefficient (Wildman–Crippen LogP) is 0.724. The van der Waals surface area contributed by atoms with E-state index in [1.807, 2.05) is 0 Å². The van der Waals surface area contributed by atoms with Crippen LogP contribution in [0.15, 0.2) is 29.2 Å². The summed E-state index contributed by atoms with van der Waals surface area (Å²) in [4.78, 5) is 22.0. The van der Waals surface area contributed by atoms with E-state index in [-0.39, 0.29) is 31.0 Å². The fourth-order valence-corrected chi connectivity index (χ4v) is 3.86. The van der Waals surface area contributed by atoms with Crippen LogP contribution in [0.5, 0.6) is 5.75 Å². The van der Waals surface area contributed by atoms with Crippen LogP contribution in [-0.2, 0) is 24.3 Å². The van der Waals surface area contributed by atoms with Gasteiger partial charge in [0.2, 0.25) is 10.0 Å². The van der Waals surface area contributed by atoms with Gasteiger partial charge in [0.05, 0.1) is 31.0 Å². The Morgan fingerprint density at radius 2 is 1.96 bits per heavy atom. The number of nitrogens with zero attached hydrogens (tertiary/aromatic N) is 1. The molecule has 1 N–H and O–H groups in total. The first-order chi connectivity index (χ1) is 11.3. The second-order valence-electron chi connectivity index (χ2n) is 5.33. The molecule has 1 unspecified atom stereocenters. The van der Waals surface area contributed by atoms with Crippen molar-refractivity contribution in [3.05, 3.63) is 24.3 Å². The second-order valence-corrected chi connectivity index (χ2v) is 7.27. The Morgan fingerprint density at radius 1 is 1.29 bits per heavy atom. The molecule has 8 nitrogen and oxygen atoms in total. The number of rotatable bonds is 7. The molecule has 1 fully saturated rings. The van der Waals surface area contributed by atoms with Crippen molar-refractivity contribution in [2.75, 3.05) is 26.8 Å². The largest absolute Gasteiger partial charge is 0.493 e. The van der Waals surface area contributed by atoms with Gasteiger partial charge in [0.1, 0.15) is 5.75 Å². The highest BCUT2D eigenvalue weighted by molar-refractivity contribution is 7.89. The molecule has 0 radical (unpaired) electrons. The van der Waals surface area contributed by atoms with Gasteiger partial charge in [-0.05, 0) is 30.7 Å². The van der Waals surface area contributed by atoms with Crippen LogP contribution in [-0.4, -0.2) is 56.6 Å². The second kappa shape index (κ2) is 7.63.